The van der Waals surface area contributed by atoms with E-state index in [1.165, 1.54) is 0 Å². The van der Waals surface area contributed by atoms with Gasteiger partial charge in [0, 0.05) is 13.0 Å². The number of hydrogen-bond acceptors (Lipinski definition) is 17. The third-order valence-electron chi connectivity index (χ3n) is 8.98. The Kier molecular flexibility index (Phi) is 13.9. The van der Waals surface area contributed by atoms with Crippen LogP contribution in [0.2, 0.25) is 0 Å². The average molecular weight is 668 g/mol. The molecule has 0 amide bonds. The van der Waals surface area contributed by atoms with Crippen LogP contribution in [-0.2, 0) is 23.7 Å². The van der Waals surface area contributed by atoms with E-state index in [0.29, 0.717) is 32.4 Å². The minimum Gasteiger partial charge on any atom is -0.396 e. The van der Waals surface area contributed by atoms with Crippen LogP contribution < -0.4 is 0 Å². The summed E-state index contributed by atoms with van der Waals surface area (Å²) < 4.78 is 28.1. The van der Waals surface area contributed by atoms with Crippen LogP contribution in [-0.4, -0.2) is 192 Å². The van der Waals surface area contributed by atoms with E-state index in [2.05, 4.69) is 11.8 Å². The molecule has 4 aliphatic rings. The van der Waals surface area contributed by atoms with Crippen LogP contribution in [0.15, 0.2) is 0 Å². The van der Waals surface area contributed by atoms with E-state index in [9.17, 15) is 51.1 Å². The molecule has 17 nitrogen and oxygen atoms in total. The van der Waals surface area contributed by atoms with E-state index in [0.717, 1.165) is 19.3 Å². The van der Waals surface area contributed by atoms with Crippen molar-refractivity contribution in [2.45, 2.75) is 130 Å². The molecule has 0 aromatic heterocycles. The zero-order valence-corrected chi connectivity index (χ0v) is 25.5. The maximum atomic E-state index is 10.9. The third-order valence-corrected chi connectivity index (χ3v) is 8.98. The standard InChI is InChI=1S/C29H49NO16/c31-11-7-2-1-4-8-15(30-9-5-3-6-10-30)25-22(38)21(37)23(39)27(44-25)42-13-17-18(34)20(36)24(40)28(43-17)46-29(14-33)26(41)19(35)16(12-32)45-29/h15-28,31-41H,1-3,5-7,9-14H2/t15?,16-,17-,18-,19-,20+,21+,22-,23-,24-,25-,26+,27+,28-,29+/m1/s1. The number of aliphatic hydroxyl groups is 11. The fraction of sp³-hybridized carbons (Fsp3) is 0.931. The van der Waals surface area contributed by atoms with E-state index in [-0.39, 0.29) is 6.61 Å². The highest BCUT2D eigenvalue weighted by Crippen LogP contribution is 2.36. The number of unbranched alkanes of at least 4 members (excludes halogenated alkanes) is 2. The summed E-state index contributed by atoms with van der Waals surface area (Å²) in [5.41, 5.74) is 0. The summed E-state index contributed by atoms with van der Waals surface area (Å²) in [5.74, 6) is 3.81. The molecule has 0 radical (unpaired) electrons. The summed E-state index contributed by atoms with van der Waals surface area (Å²) in [4.78, 5) is 2.03. The molecular weight excluding hydrogens is 618 g/mol. The molecule has 4 aliphatic heterocycles. The van der Waals surface area contributed by atoms with Crippen LogP contribution in [0.3, 0.4) is 0 Å². The first kappa shape index (κ1) is 37.7. The van der Waals surface area contributed by atoms with E-state index < -0.39 is 111 Å². The maximum absolute atomic E-state index is 10.9. The lowest BCUT2D eigenvalue weighted by atomic mass is 9.92. The van der Waals surface area contributed by atoms with Gasteiger partial charge in [-0.05, 0) is 38.8 Å². The van der Waals surface area contributed by atoms with Crippen molar-refractivity contribution < 1.29 is 79.9 Å². The zero-order valence-electron chi connectivity index (χ0n) is 25.5. The number of hydrogen-bond donors (Lipinski definition) is 11. The number of nitrogens with zero attached hydrogens (tertiary/aromatic N) is 1. The molecule has 0 aliphatic carbocycles. The quantitative estimate of drug-likeness (QED) is 0.0684. The summed E-state index contributed by atoms with van der Waals surface area (Å²) >= 11 is 0. The molecular formula is C29H49NO16. The second-order valence-electron chi connectivity index (χ2n) is 12.2. The van der Waals surface area contributed by atoms with Crippen molar-refractivity contribution in [1.29, 1.82) is 0 Å². The molecule has 46 heavy (non-hydrogen) atoms. The Hall–Kier alpha value is -1.12. The van der Waals surface area contributed by atoms with Gasteiger partial charge >= 0.3 is 0 Å². The van der Waals surface area contributed by atoms with Gasteiger partial charge in [-0.1, -0.05) is 12.3 Å². The van der Waals surface area contributed by atoms with Crippen molar-refractivity contribution in [1.82, 2.24) is 4.90 Å². The molecule has 4 heterocycles. The molecule has 0 spiro atoms. The van der Waals surface area contributed by atoms with E-state index in [4.69, 9.17) is 28.8 Å². The van der Waals surface area contributed by atoms with Crippen molar-refractivity contribution >= 4 is 0 Å². The number of likely N-dealkylation sites (tertiary alicyclic amines) is 1. The molecule has 15 atom stereocenters. The first-order valence-corrected chi connectivity index (χ1v) is 15.8. The van der Waals surface area contributed by atoms with Gasteiger partial charge in [0.15, 0.2) is 12.6 Å². The largest absolute Gasteiger partial charge is 0.396 e. The van der Waals surface area contributed by atoms with Crippen molar-refractivity contribution in [3.05, 3.63) is 0 Å². The molecule has 0 aromatic rings. The lowest BCUT2D eigenvalue weighted by Crippen LogP contribution is -2.65. The summed E-state index contributed by atoms with van der Waals surface area (Å²) in [6.07, 6.45) is -17.0. The van der Waals surface area contributed by atoms with Gasteiger partial charge < -0.3 is 79.9 Å². The van der Waals surface area contributed by atoms with Crippen molar-refractivity contribution in [3.63, 3.8) is 0 Å². The Morgan fingerprint density at radius 1 is 0.739 bits per heavy atom. The number of aliphatic hydroxyl groups excluding tert-OH is 11. The smallest absolute Gasteiger partial charge is 0.224 e. The second-order valence-corrected chi connectivity index (χ2v) is 12.2. The molecule has 4 fully saturated rings. The highest BCUT2D eigenvalue weighted by atomic mass is 16.8. The van der Waals surface area contributed by atoms with E-state index in [1.807, 2.05) is 4.90 Å². The first-order chi connectivity index (χ1) is 22.0. The van der Waals surface area contributed by atoms with Gasteiger partial charge in [0.1, 0.15) is 79.8 Å². The average Bonchev–Trinajstić information content (AvgIpc) is 3.31. The summed E-state index contributed by atoms with van der Waals surface area (Å²) in [5, 5.41) is 113. The second kappa shape index (κ2) is 17.0. The zero-order chi connectivity index (χ0) is 33.6. The van der Waals surface area contributed by atoms with Crippen LogP contribution in [0.1, 0.15) is 38.5 Å². The molecule has 11 N–H and O–H groups in total. The van der Waals surface area contributed by atoms with Gasteiger partial charge in [0.05, 0.1) is 13.2 Å². The Labute approximate surface area is 266 Å². The van der Waals surface area contributed by atoms with Gasteiger partial charge in [0.2, 0.25) is 5.79 Å². The Morgan fingerprint density at radius 2 is 1.41 bits per heavy atom. The SMILES string of the molecule is OCCCCC#CC([C@H]1O[C@H](OC[C@H]2O[C@H](O[C@]3(CO)O[C@H](CO)[C@@H](O)[C@@H]3O)[C@H](O)[C@@H](O)[C@@H]2O)[C@H](O)[C@@H](O)[C@H]1O)N1CCCCC1. The van der Waals surface area contributed by atoms with Crippen molar-refractivity contribution in [2.24, 2.45) is 0 Å². The van der Waals surface area contributed by atoms with Gasteiger partial charge in [-0.3, -0.25) is 4.90 Å². The predicted molar refractivity (Wildman–Crippen MR) is 152 cm³/mol. The summed E-state index contributed by atoms with van der Waals surface area (Å²) in [6, 6.07) is -0.672. The summed E-state index contributed by atoms with van der Waals surface area (Å²) in [6.45, 7) is -1.03. The highest BCUT2D eigenvalue weighted by molar-refractivity contribution is 5.14. The van der Waals surface area contributed by atoms with Crippen molar-refractivity contribution in [2.75, 3.05) is 39.5 Å². The summed E-state index contributed by atoms with van der Waals surface area (Å²) in [7, 11) is 0. The van der Waals surface area contributed by atoms with Crippen LogP contribution in [0.5, 0.6) is 0 Å². The fourth-order valence-corrected chi connectivity index (χ4v) is 6.16. The Bertz CT molecular complexity index is 994. The molecule has 266 valence electrons. The maximum Gasteiger partial charge on any atom is 0.224 e. The fourth-order valence-electron chi connectivity index (χ4n) is 6.16. The Balaban J connectivity index is 1.47. The predicted octanol–water partition coefficient (Wildman–Crippen LogP) is -5.54. The van der Waals surface area contributed by atoms with Crippen LogP contribution >= 0.6 is 0 Å². The third kappa shape index (κ3) is 8.18. The van der Waals surface area contributed by atoms with Gasteiger partial charge in [-0.2, -0.15) is 0 Å². The van der Waals surface area contributed by atoms with Crippen LogP contribution in [0.25, 0.3) is 0 Å². The van der Waals surface area contributed by atoms with Crippen LogP contribution in [0.4, 0.5) is 0 Å². The monoisotopic (exact) mass is 667 g/mol. The Morgan fingerprint density at radius 3 is 2.04 bits per heavy atom. The van der Waals surface area contributed by atoms with Gasteiger partial charge in [0.25, 0.3) is 0 Å². The molecule has 0 aromatic carbocycles. The highest BCUT2D eigenvalue weighted by Gasteiger charge is 2.58. The number of rotatable bonds is 12. The first-order valence-electron chi connectivity index (χ1n) is 15.8. The minimum absolute atomic E-state index is 0.0401. The number of ether oxygens (including phenoxy) is 5. The van der Waals surface area contributed by atoms with E-state index >= 15 is 0 Å². The lowest BCUT2D eigenvalue weighted by Gasteiger charge is -2.46. The molecule has 4 saturated heterocycles. The number of piperidine rings is 1. The minimum atomic E-state index is -2.37. The normalized spacial score (nSPS) is 44.5. The van der Waals surface area contributed by atoms with Gasteiger partial charge in [-0.15, -0.1) is 5.92 Å². The molecule has 4 rings (SSSR count). The molecule has 0 saturated carbocycles. The molecule has 0 bridgehead atoms. The van der Waals surface area contributed by atoms with E-state index in [1.54, 1.807) is 0 Å². The van der Waals surface area contributed by atoms with Crippen LogP contribution in [0, 0.1) is 11.8 Å². The topological polar surface area (TPSA) is 272 Å². The lowest BCUT2D eigenvalue weighted by molar-refractivity contribution is -0.388. The molecule has 17 heteroatoms. The van der Waals surface area contributed by atoms with Gasteiger partial charge in [-0.25, -0.2) is 0 Å². The van der Waals surface area contributed by atoms with Crippen molar-refractivity contribution in [3.8, 4) is 11.8 Å². The molecule has 1 unspecified atom stereocenters.